The van der Waals surface area contributed by atoms with Crippen LogP contribution in [-0.2, 0) is 0 Å². The first-order valence-corrected chi connectivity index (χ1v) is 7.39. The zero-order chi connectivity index (χ0) is 10.8. The summed E-state index contributed by atoms with van der Waals surface area (Å²) in [6.07, 6.45) is 0. The van der Waals surface area contributed by atoms with Crippen LogP contribution in [0.15, 0.2) is 4.99 Å². The molecule has 0 N–H and O–H groups in total. The van der Waals surface area contributed by atoms with Crippen LogP contribution in [0, 0.1) is 0 Å². The van der Waals surface area contributed by atoms with E-state index < -0.39 is 0 Å². The molecule has 0 bridgehead atoms. The summed E-state index contributed by atoms with van der Waals surface area (Å²) >= 11 is 0. The molecule has 6 heteroatoms. The largest absolute Gasteiger partial charge is 0.357 e. The number of piperazine rings is 1. The minimum Gasteiger partial charge on any atom is -0.357 e. The molecule has 0 amide bonds. The van der Waals surface area contributed by atoms with Crippen molar-refractivity contribution in [3.63, 3.8) is 0 Å². The molecule has 15 heavy (non-hydrogen) atoms. The molecule has 2 aliphatic rings. The van der Waals surface area contributed by atoms with Gasteiger partial charge in [-0.2, -0.15) is 0 Å². The van der Waals surface area contributed by atoms with Gasteiger partial charge >= 0.3 is 0 Å². The highest BCUT2D eigenvalue weighted by atomic mass is 33.1. The van der Waals surface area contributed by atoms with E-state index in [9.17, 15) is 0 Å². The van der Waals surface area contributed by atoms with Crippen LogP contribution in [0.25, 0.3) is 0 Å². The maximum absolute atomic E-state index is 4.71. The Morgan fingerprint density at radius 2 is 1.93 bits per heavy atom. The van der Waals surface area contributed by atoms with Gasteiger partial charge in [0.1, 0.15) is 0 Å². The van der Waals surface area contributed by atoms with Crippen molar-refractivity contribution >= 4 is 26.8 Å². The van der Waals surface area contributed by atoms with Crippen LogP contribution in [0.3, 0.4) is 0 Å². The van der Waals surface area contributed by atoms with Crippen LogP contribution in [0.2, 0.25) is 0 Å². The Balaban J connectivity index is 1.90. The van der Waals surface area contributed by atoms with E-state index in [1.54, 1.807) is 10.8 Å². The molecule has 1 saturated heterocycles. The summed E-state index contributed by atoms with van der Waals surface area (Å²) < 4.78 is 0. The Bertz CT molecular complexity index is 248. The molecule has 1 unspecified atom stereocenters. The van der Waals surface area contributed by atoms with Crippen LogP contribution < -0.4 is 0 Å². The lowest BCUT2D eigenvalue weighted by Crippen LogP contribution is -2.47. The minimum atomic E-state index is 0.334. The van der Waals surface area contributed by atoms with Crippen molar-refractivity contribution in [1.29, 1.82) is 0 Å². The first-order valence-electron chi connectivity index (χ1n) is 5.18. The van der Waals surface area contributed by atoms with Crippen LogP contribution in [0.5, 0.6) is 0 Å². The zero-order valence-electron chi connectivity index (χ0n) is 9.51. The van der Waals surface area contributed by atoms with E-state index in [0.717, 1.165) is 31.3 Å². The predicted octanol–water partition coefficient (Wildman–Crippen LogP) is 0.830. The van der Waals surface area contributed by atoms with Gasteiger partial charge < -0.3 is 9.80 Å². The van der Waals surface area contributed by atoms with Gasteiger partial charge in [0.2, 0.25) is 0 Å². The second-order valence-electron chi connectivity index (χ2n) is 4.15. The van der Waals surface area contributed by atoms with E-state index in [1.807, 2.05) is 10.8 Å². The quantitative estimate of drug-likeness (QED) is 0.637. The van der Waals surface area contributed by atoms with Gasteiger partial charge in [-0.1, -0.05) is 0 Å². The smallest absolute Gasteiger partial charge is 0.172 e. The molecule has 0 aromatic heterocycles. The first-order chi connectivity index (χ1) is 7.16. The van der Waals surface area contributed by atoms with Gasteiger partial charge in [0.15, 0.2) is 10.7 Å². The molecule has 0 saturated carbocycles. The average molecular weight is 246 g/mol. The molecule has 2 heterocycles. The number of likely N-dealkylation sites (N-methyl/N-ethyl adjacent to an activating group) is 1. The lowest BCUT2D eigenvalue weighted by Gasteiger charge is -2.34. The maximum Gasteiger partial charge on any atom is 0.172 e. The standard InChI is InChI=1S/C9H18N4S2/c1-11(2)8-10-9(15-14-8)13-6-4-12(3)5-7-13/h9H,4-7H2,1-3H3. The molecular formula is C9H18N4S2. The second kappa shape index (κ2) is 4.95. The van der Waals surface area contributed by atoms with Gasteiger partial charge in [0, 0.05) is 40.3 Å². The molecule has 0 spiro atoms. The van der Waals surface area contributed by atoms with Gasteiger partial charge in [0.05, 0.1) is 0 Å². The molecule has 0 aromatic rings. The third-order valence-corrected chi connectivity index (χ3v) is 5.21. The summed E-state index contributed by atoms with van der Waals surface area (Å²) in [4.78, 5) is 11.6. The van der Waals surface area contributed by atoms with Gasteiger partial charge in [0.25, 0.3) is 0 Å². The van der Waals surface area contributed by atoms with Crippen LogP contribution >= 0.6 is 21.6 Å². The fourth-order valence-corrected chi connectivity index (χ4v) is 4.19. The summed E-state index contributed by atoms with van der Waals surface area (Å²) in [6.45, 7) is 4.60. The Labute approximate surface area is 99.5 Å². The van der Waals surface area contributed by atoms with Gasteiger partial charge in [-0.15, -0.1) is 0 Å². The summed E-state index contributed by atoms with van der Waals surface area (Å²) in [7, 11) is 9.95. The van der Waals surface area contributed by atoms with E-state index in [0.29, 0.717) is 5.50 Å². The van der Waals surface area contributed by atoms with Crippen molar-refractivity contribution in [2.45, 2.75) is 5.50 Å². The lowest BCUT2D eigenvalue weighted by atomic mass is 10.3. The van der Waals surface area contributed by atoms with Crippen molar-refractivity contribution in [3.8, 4) is 0 Å². The molecule has 4 nitrogen and oxygen atoms in total. The first kappa shape index (κ1) is 11.6. The normalized spacial score (nSPS) is 29.3. The van der Waals surface area contributed by atoms with Crippen LogP contribution in [0.1, 0.15) is 0 Å². The highest BCUT2D eigenvalue weighted by molar-refractivity contribution is 8.82. The lowest BCUT2D eigenvalue weighted by molar-refractivity contribution is 0.147. The van der Waals surface area contributed by atoms with Crippen LogP contribution in [-0.4, -0.2) is 72.7 Å². The third kappa shape index (κ3) is 2.81. The predicted molar refractivity (Wildman–Crippen MR) is 69.2 cm³/mol. The number of hydrogen-bond donors (Lipinski definition) is 0. The fraction of sp³-hybridized carbons (Fsp3) is 0.889. The van der Waals surface area contributed by atoms with Crippen molar-refractivity contribution in [2.24, 2.45) is 4.99 Å². The van der Waals surface area contributed by atoms with Crippen molar-refractivity contribution < 1.29 is 0 Å². The number of aliphatic imine (C=N–C) groups is 1. The van der Waals surface area contributed by atoms with Crippen LogP contribution in [0.4, 0.5) is 0 Å². The molecule has 1 atom stereocenters. The molecule has 0 radical (unpaired) electrons. The van der Waals surface area contributed by atoms with Crippen molar-refractivity contribution in [3.05, 3.63) is 0 Å². The summed E-state index contributed by atoms with van der Waals surface area (Å²) in [5.74, 6) is 0. The Morgan fingerprint density at radius 1 is 1.27 bits per heavy atom. The van der Waals surface area contributed by atoms with Gasteiger partial charge in [-0.25, -0.2) is 4.99 Å². The maximum atomic E-state index is 4.71. The summed E-state index contributed by atoms with van der Waals surface area (Å²) in [5.41, 5.74) is 0.334. The third-order valence-electron chi connectivity index (χ3n) is 2.66. The topological polar surface area (TPSA) is 22.1 Å². The van der Waals surface area contributed by atoms with E-state index in [4.69, 9.17) is 4.99 Å². The zero-order valence-corrected chi connectivity index (χ0v) is 11.1. The van der Waals surface area contributed by atoms with E-state index >= 15 is 0 Å². The Hall–Kier alpha value is 0.0900. The summed E-state index contributed by atoms with van der Waals surface area (Å²) in [6, 6.07) is 0. The molecule has 2 rings (SSSR count). The number of hydrogen-bond acceptors (Lipinski definition) is 6. The number of amidine groups is 1. The molecule has 2 aliphatic heterocycles. The van der Waals surface area contributed by atoms with Gasteiger partial charge in [-0.05, 0) is 28.6 Å². The van der Waals surface area contributed by atoms with E-state index in [2.05, 4.69) is 35.8 Å². The monoisotopic (exact) mass is 246 g/mol. The highest BCUT2D eigenvalue weighted by Gasteiger charge is 2.28. The molecule has 0 aliphatic carbocycles. The fourth-order valence-electron chi connectivity index (χ4n) is 1.60. The van der Waals surface area contributed by atoms with Crippen molar-refractivity contribution in [2.75, 3.05) is 47.3 Å². The SMILES string of the molecule is CN1CCN(C2N=C(N(C)C)SS2)CC1. The second-order valence-corrected chi connectivity index (χ2v) is 6.37. The van der Waals surface area contributed by atoms with Crippen molar-refractivity contribution in [1.82, 2.24) is 14.7 Å². The average Bonchev–Trinajstić information content (AvgIpc) is 2.68. The highest BCUT2D eigenvalue weighted by Crippen LogP contribution is 2.38. The molecular weight excluding hydrogens is 228 g/mol. The number of rotatable bonds is 1. The van der Waals surface area contributed by atoms with E-state index in [-0.39, 0.29) is 0 Å². The summed E-state index contributed by atoms with van der Waals surface area (Å²) in [5, 5.41) is 1.14. The number of nitrogens with zero attached hydrogens (tertiary/aromatic N) is 4. The minimum absolute atomic E-state index is 0.334. The molecule has 0 aromatic carbocycles. The van der Waals surface area contributed by atoms with E-state index in [1.165, 1.54) is 0 Å². The molecule has 1 fully saturated rings. The van der Waals surface area contributed by atoms with Gasteiger partial charge in [-0.3, -0.25) is 4.90 Å². The Kier molecular flexibility index (Phi) is 3.82. The molecule has 86 valence electrons. The Morgan fingerprint density at radius 3 is 2.47 bits per heavy atom.